The van der Waals surface area contributed by atoms with Gasteiger partial charge in [-0.1, -0.05) is 41.5 Å². The molecule has 3 fully saturated rings. The van der Waals surface area contributed by atoms with E-state index in [1.54, 1.807) is 0 Å². The second-order valence-electron chi connectivity index (χ2n) is 12.8. The SMILES string of the molecule is CC(CC1CC(C)(C(C)C)CCO1)C1CC(CC(C)C2(C)CCOC2)OC(C)(C)C1. The van der Waals surface area contributed by atoms with Crippen LogP contribution in [0.4, 0.5) is 0 Å². The number of hydrogen-bond acceptors (Lipinski definition) is 3. The highest BCUT2D eigenvalue weighted by atomic mass is 16.5. The first-order valence-electron chi connectivity index (χ1n) is 12.8. The number of ether oxygens (including phenoxy) is 3. The summed E-state index contributed by atoms with van der Waals surface area (Å²) in [5.74, 6) is 2.79. The molecule has 7 unspecified atom stereocenters. The third-order valence-electron chi connectivity index (χ3n) is 9.41. The Morgan fingerprint density at radius 1 is 0.833 bits per heavy atom. The Bertz CT molecular complexity index is 550. The van der Waals surface area contributed by atoms with Gasteiger partial charge in [0.1, 0.15) is 0 Å². The molecular formula is C27H50O3. The van der Waals surface area contributed by atoms with E-state index in [1.165, 1.54) is 38.5 Å². The minimum Gasteiger partial charge on any atom is -0.381 e. The first-order chi connectivity index (χ1) is 13.9. The molecule has 30 heavy (non-hydrogen) atoms. The summed E-state index contributed by atoms with van der Waals surface area (Å²) < 4.78 is 18.6. The molecule has 3 nitrogen and oxygen atoms in total. The lowest BCUT2D eigenvalue weighted by Gasteiger charge is -2.46. The summed E-state index contributed by atoms with van der Waals surface area (Å²) in [6.07, 6.45) is 9.18. The average Bonchev–Trinajstić information content (AvgIpc) is 3.08. The van der Waals surface area contributed by atoms with Crippen LogP contribution in [0.15, 0.2) is 0 Å². The smallest absolute Gasteiger partial charge is 0.0633 e. The topological polar surface area (TPSA) is 27.7 Å². The van der Waals surface area contributed by atoms with Crippen LogP contribution in [0.1, 0.15) is 100 Å². The standard InChI is InChI=1S/C27H50O3/c1-19(2)26(7)10-12-29-24(17-26)13-20(3)22-15-23(30-25(5,6)16-22)14-21(4)27(8)9-11-28-18-27/h19-24H,9-18H2,1-8H3. The maximum Gasteiger partial charge on any atom is 0.0633 e. The lowest BCUT2D eigenvalue weighted by atomic mass is 9.68. The van der Waals surface area contributed by atoms with Gasteiger partial charge < -0.3 is 14.2 Å². The van der Waals surface area contributed by atoms with Gasteiger partial charge in [-0.05, 0) is 93.3 Å². The van der Waals surface area contributed by atoms with E-state index in [0.717, 1.165) is 38.1 Å². The Labute approximate surface area is 187 Å². The largest absolute Gasteiger partial charge is 0.381 e. The highest BCUT2D eigenvalue weighted by Crippen LogP contribution is 2.46. The molecule has 0 N–H and O–H groups in total. The summed E-state index contributed by atoms with van der Waals surface area (Å²) in [6.45, 7) is 21.9. The van der Waals surface area contributed by atoms with Crippen LogP contribution in [-0.4, -0.2) is 37.6 Å². The van der Waals surface area contributed by atoms with Crippen molar-refractivity contribution in [3.8, 4) is 0 Å². The molecule has 0 amide bonds. The van der Waals surface area contributed by atoms with Gasteiger partial charge in [-0.2, -0.15) is 0 Å². The van der Waals surface area contributed by atoms with Crippen molar-refractivity contribution in [2.45, 2.75) is 118 Å². The average molecular weight is 423 g/mol. The third-order valence-corrected chi connectivity index (χ3v) is 9.41. The van der Waals surface area contributed by atoms with Crippen molar-refractivity contribution in [3.63, 3.8) is 0 Å². The van der Waals surface area contributed by atoms with Gasteiger partial charge in [0.25, 0.3) is 0 Å². The van der Waals surface area contributed by atoms with Gasteiger partial charge >= 0.3 is 0 Å². The lowest BCUT2D eigenvalue weighted by molar-refractivity contribution is -0.146. The van der Waals surface area contributed by atoms with Crippen molar-refractivity contribution in [1.29, 1.82) is 0 Å². The van der Waals surface area contributed by atoms with Crippen LogP contribution in [0.3, 0.4) is 0 Å². The van der Waals surface area contributed by atoms with Crippen LogP contribution < -0.4 is 0 Å². The van der Waals surface area contributed by atoms with Crippen molar-refractivity contribution < 1.29 is 14.2 Å². The number of hydrogen-bond donors (Lipinski definition) is 0. The predicted molar refractivity (Wildman–Crippen MR) is 125 cm³/mol. The van der Waals surface area contributed by atoms with E-state index in [9.17, 15) is 0 Å². The second kappa shape index (κ2) is 9.40. The maximum absolute atomic E-state index is 6.61. The molecule has 0 aromatic heterocycles. The predicted octanol–water partition coefficient (Wildman–Crippen LogP) is 6.88. The molecule has 0 aromatic carbocycles. The first kappa shape index (κ1) is 24.5. The quantitative estimate of drug-likeness (QED) is 0.447. The molecular weight excluding hydrogens is 372 g/mol. The van der Waals surface area contributed by atoms with Gasteiger partial charge in [0.2, 0.25) is 0 Å². The third kappa shape index (κ3) is 5.81. The number of rotatable bonds is 7. The Morgan fingerprint density at radius 2 is 1.53 bits per heavy atom. The Kier molecular flexibility index (Phi) is 7.68. The minimum atomic E-state index is -0.0193. The van der Waals surface area contributed by atoms with E-state index in [0.29, 0.717) is 34.9 Å². The van der Waals surface area contributed by atoms with E-state index >= 15 is 0 Å². The highest BCUT2D eigenvalue weighted by Gasteiger charge is 2.42. The summed E-state index contributed by atoms with van der Waals surface area (Å²) in [7, 11) is 0. The van der Waals surface area contributed by atoms with Crippen LogP contribution >= 0.6 is 0 Å². The van der Waals surface area contributed by atoms with Crippen molar-refractivity contribution in [2.75, 3.05) is 19.8 Å². The van der Waals surface area contributed by atoms with Gasteiger partial charge in [0, 0.05) is 13.2 Å². The van der Waals surface area contributed by atoms with E-state index in [-0.39, 0.29) is 5.60 Å². The van der Waals surface area contributed by atoms with Gasteiger partial charge in [-0.25, -0.2) is 0 Å². The molecule has 3 saturated heterocycles. The minimum absolute atomic E-state index is 0.0193. The molecule has 7 atom stereocenters. The van der Waals surface area contributed by atoms with Crippen LogP contribution in [0.5, 0.6) is 0 Å². The fraction of sp³-hybridized carbons (Fsp3) is 1.00. The molecule has 0 radical (unpaired) electrons. The van der Waals surface area contributed by atoms with Crippen molar-refractivity contribution >= 4 is 0 Å². The normalized spacial score (nSPS) is 41.7. The maximum atomic E-state index is 6.61. The molecule has 3 aliphatic rings. The molecule has 3 aliphatic heterocycles. The van der Waals surface area contributed by atoms with E-state index in [2.05, 4.69) is 55.4 Å². The summed E-state index contributed by atoms with van der Waals surface area (Å²) in [5, 5.41) is 0. The van der Waals surface area contributed by atoms with Gasteiger partial charge in [-0.3, -0.25) is 0 Å². The van der Waals surface area contributed by atoms with E-state index in [4.69, 9.17) is 14.2 Å². The summed E-state index contributed by atoms with van der Waals surface area (Å²) in [6, 6.07) is 0. The molecule has 176 valence electrons. The van der Waals surface area contributed by atoms with E-state index in [1.807, 2.05) is 0 Å². The fourth-order valence-electron chi connectivity index (χ4n) is 6.35. The van der Waals surface area contributed by atoms with Gasteiger partial charge in [-0.15, -0.1) is 0 Å². The molecule has 3 rings (SSSR count). The van der Waals surface area contributed by atoms with Crippen molar-refractivity contribution in [2.24, 2.45) is 34.5 Å². The van der Waals surface area contributed by atoms with Crippen molar-refractivity contribution in [3.05, 3.63) is 0 Å². The molecule has 0 saturated carbocycles. The zero-order chi connectivity index (χ0) is 22.2. The monoisotopic (exact) mass is 422 g/mol. The summed E-state index contributed by atoms with van der Waals surface area (Å²) in [4.78, 5) is 0. The molecule has 0 spiro atoms. The summed E-state index contributed by atoms with van der Waals surface area (Å²) >= 11 is 0. The second-order valence-corrected chi connectivity index (χ2v) is 12.8. The molecule has 0 aliphatic carbocycles. The zero-order valence-corrected chi connectivity index (χ0v) is 21.3. The van der Waals surface area contributed by atoms with Crippen LogP contribution in [0.2, 0.25) is 0 Å². The summed E-state index contributed by atoms with van der Waals surface area (Å²) in [5.41, 5.74) is 0.742. The highest BCUT2D eigenvalue weighted by molar-refractivity contribution is 4.92. The zero-order valence-electron chi connectivity index (χ0n) is 21.3. The molecule has 3 heteroatoms. The Hall–Kier alpha value is -0.120. The lowest BCUT2D eigenvalue weighted by Crippen LogP contribution is -2.44. The van der Waals surface area contributed by atoms with Crippen LogP contribution in [0, 0.1) is 34.5 Å². The molecule has 0 bridgehead atoms. The first-order valence-corrected chi connectivity index (χ1v) is 12.8. The van der Waals surface area contributed by atoms with Crippen LogP contribution in [0.25, 0.3) is 0 Å². The van der Waals surface area contributed by atoms with E-state index < -0.39 is 0 Å². The fourth-order valence-corrected chi connectivity index (χ4v) is 6.35. The van der Waals surface area contributed by atoms with Gasteiger partial charge in [0.15, 0.2) is 0 Å². The molecule has 0 aromatic rings. The Balaban J connectivity index is 1.59. The van der Waals surface area contributed by atoms with Gasteiger partial charge in [0.05, 0.1) is 24.4 Å². The Morgan fingerprint density at radius 3 is 2.17 bits per heavy atom. The van der Waals surface area contributed by atoms with Crippen LogP contribution in [-0.2, 0) is 14.2 Å². The van der Waals surface area contributed by atoms with Crippen molar-refractivity contribution in [1.82, 2.24) is 0 Å². The molecule has 3 heterocycles.